The topological polar surface area (TPSA) is 86.1 Å². The fourth-order valence-electron chi connectivity index (χ4n) is 2.86. The lowest BCUT2D eigenvalue weighted by Gasteiger charge is -2.19. The Labute approximate surface area is 161 Å². The van der Waals surface area contributed by atoms with Gasteiger partial charge in [-0.1, -0.05) is 0 Å². The zero-order valence-corrected chi connectivity index (χ0v) is 15.5. The van der Waals surface area contributed by atoms with Gasteiger partial charge in [-0.2, -0.15) is 5.26 Å². The van der Waals surface area contributed by atoms with Gasteiger partial charge in [0.15, 0.2) is 0 Å². The third-order valence-corrected chi connectivity index (χ3v) is 4.76. The van der Waals surface area contributed by atoms with Crippen molar-refractivity contribution in [3.05, 3.63) is 39.6 Å². The number of carbonyl (C=O) groups excluding carboxylic acids is 2. The Morgan fingerprint density at radius 3 is 2.92 bits per heavy atom. The summed E-state index contributed by atoms with van der Waals surface area (Å²) in [6.45, 7) is -1.27. The van der Waals surface area contributed by atoms with E-state index in [1.165, 1.54) is 12.3 Å². The predicted molar refractivity (Wildman–Crippen MR) is 97.5 cm³/mol. The molecule has 2 aromatic rings. The first-order valence-electron chi connectivity index (χ1n) is 7.70. The third kappa shape index (κ3) is 3.75. The number of rotatable bonds is 3. The average molecular weight is 470 g/mol. The number of hydrogen-bond acceptors (Lipinski definition) is 4. The van der Waals surface area contributed by atoms with Crippen molar-refractivity contribution in [2.24, 2.45) is 0 Å². The van der Waals surface area contributed by atoms with E-state index in [0.29, 0.717) is 16.5 Å². The van der Waals surface area contributed by atoms with Crippen LogP contribution in [0.1, 0.15) is 16.8 Å². The molecule has 0 saturated carbocycles. The summed E-state index contributed by atoms with van der Waals surface area (Å²) in [6, 6.07) is 7.49. The van der Waals surface area contributed by atoms with Crippen molar-refractivity contribution in [1.82, 2.24) is 15.2 Å². The minimum atomic E-state index is -3.09. The highest BCUT2D eigenvalue weighted by atomic mass is 127. The average Bonchev–Trinajstić information content (AvgIpc) is 2.93. The van der Waals surface area contributed by atoms with Gasteiger partial charge in [-0.15, -0.1) is 0 Å². The Kier molecular flexibility index (Phi) is 5.04. The van der Waals surface area contributed by atoms with Gasteiger partial charge in [0.05, 0.1) is 30.2 Å². The molecule has 26 heavy (non-hydrogen) atoms. The lowest BCUT2D eigenvalue weighted by Crippen LogP contribution is -2.43. The van der Waals surface area contributed by atoms with Crippen molar-refractivity contribution >= 4 is 45.3 Å². The minimum absolute atomic E-state index is 0.338. The number of nitrogens with zero attached hydrogens (tertiary/aromatic N) is 3. The molecule has 1 aliphatic heterocycles. The summed E-state index contributed by atoms with van der Waals surface area (Å²) in [6.07, 6.45) is 0.801. The van der Waals surface area contributed by atoms with Gasteiger partial charge in [0.2, 0.25) is 5.91 Å². The van der Waals surface area contributed by atoms with E-state index in [9.17, 15) is 18.4 Å². The number of likely N-dealkylation sites (tertiary alicyclic amines) is 1. The predicted octanol–water partition coefficient (Wildman–Crippen LogP) is 2.33. The van der Waals surface area contributed by atoms with Crippen LogP contribution in [0.4, 0.5) is 8.78 Å². The molecule has 1 aromatic carbocycles. The molecule has 1 fully saturated rings. The molecule has 134 valence electrons. The van der Waals surface area contributed by atoms with Crippen LogP contribution in [0.25, 0.3) is 10.9 Å². The highest BCUT2D eigenvalue weighted by molar-refractivity contribution is 14.1. The molecule has 6 nitrogen and oxygen atoms in total. The molecule has 0 unspecified atom stereocenters. The number of aromatic nitrogens is 1. The Hall–Kier alpha value is -2.35. The first-order valence-corrected chi connectivity index (χ1v) is 8.78. The number of nitrogens with one attached hydrogen (secondary N) is 1. The van der Waals surface area contributed by atoms with Crippen LogP contribution in [-0.4, -0.2) is 46.8 Å². The monoisotopic (exact) mass is 470 g/mol. The van der Waals surface area contributed by atoms with E-state index in [4.69, 9.17) is 5.26 Å². The van der Waals surface area contributed by atoms with Gasteiger partial charge < -0.3 is 10.2 Å². The van der Waals surface area contributed by atoms with Gasteiger partial charge in [0.25, 0.3) is 11.8 Å². The fourth-order valence-corrected chi connectivity index (χ4v) is 3.35. The highest BCUT2D eigenvalue weighted by Gasteiger charge is 2.47. The summed E-state index contributed by atoms with van der Waals surface area (Å²) in [5, 5.41) is 12.0. The van der Waals surface area contributed by atoms with Crippen LogP contribution in [-0.2, 0) is 4.79 Å². The lowest BCUT2D eigenvalue weighted by atomic mass is 10.1. The Morgan fingerprint density at radius 2 is 2.19 bits per heavy atom. The second kappa shape index (κ2) is 7.11. The molecule has 9 heteroatoms. The minimum Gasteiger partial charge on any atom is -0.343 e. The molecular weight excluding hydrogens is 457 g/mol. The summed E-state index contributed by atoms with van der Waals surface area (Å²) in [7, 11) is 0. The summed E-state index contributed by atoms with van der Waals surface area (Å²) in [5.41, 5.74) is 0.970. The Balaban J connectivity index is 1.73. The van der Waals surface area contributed by atoms with Gasteiger partial charge >= 0.3 is 0 Å². The molecule has 0 radical (unpaired) electrons. The highest BCUT2D eigenvalue weighted by Crippen LogP contribution is 2.31. The largest absolute Gasteiger partial charge is 0.343 e. The molecule has 3 rings (SSSR count). The first kappa shape index (κ1) is 18.4. The quantitative estimate of drug-likeness (QED) is 0.699. The smallest absolute Gasteiger partial charge is 0.268 e. The zero-order chi connectivity index (χ0) is 18.9. The van der Waals surface area contributed by atoms with Gasteiger partial charge in [0.1, 0.15) is 6.04 Å². The maximum absolute atomic E-state index is 13.4. The van der Waals surface area contributed by atoms with Crippen molar-refractivity contribution in [3.63, 3.8) is 0 Å². The molecule has 2 heterocycles. The lowest BCUT2D eigenvalue weighted by molar-refractivity contribution is -0.131. The SMILES string of the molecule is N#C[C@@H]1CC(F)(F)CN1C(=O)CNC(=O)c1ccnc2ccc(I)cc12. The maximum atomic E-state index is 13.4. The second-order valence-corrected chi connectivity index (χ2v) is 7.17. The van der Waals surface area contributed by atoms with Crippen LogP contribution in [0.3, 0.4) is 0 Å². The van der Waals surface area contributed by atoms with Crippen LogP contribution in [0, 0.1) is 14.9 Å². The number of fused-ring (bicyclic) bond motifs is 1. The molecule has 1 N–H and O–H groups in total. The van der Waals surface area contributed by atoms with Crippen molar-refractivity contribution in [1.29, 1.82) is 5.26 Å². The summed E-state index contributed by atoms with van der Waals surface area (Å²) in [4.78, 5) is 29.6. The van der Waals surface area contributed by atoms with Crippen LogP contribution < -0.4 is 5.32 Å². The molecule has 1 saturated heterocycles. The van der Waals surface area contributed by atoms with Crippen molar-refractivity contribution in [2.75, 3.05) is 13.1 Å². The Bertz CT molecular complexity index is 929. The number of nitriles is 1. The number of amides is 2. The normalized spacial score (nSPS) is 18.5. The van der Waals surface area contributed by atoms with E-state index in [0.717, 1.165) is 8.47 Å². The van der Waals surface area contributed by atoms with Crippen LogP contribution in [0.15, 0.2) is 30.5 Å². The van der Waals surface area contributed by atoms with E-state index in [2.05, 4.69) is 32.9 Å². The standard InChI is InChI=1S/C17H13F2IN4O2/c18-17(19)6-11(7-21)24(9-17)15(25)8-23-16(26)12-3-4-22-14-2-1-10(20)5-13(12)14/h1-5,11H,6,8-9H2,(H,23,26)/t11-/m0/s1. The molecule has 0 spiro atoms. The van der Waals surface area contributed by atoms with E-state index in [1.54, 1.807) is 18.2 Å². The van der Waals surface area contributed by atoms with Crippen LogP contribution in [0.5, 0.6) is 0 Å². The fraction of sp³-hybridized carbons (Fsp3) is 0.294. The number of hydrogen-bond donors (Lipinski definition) is 1. The maximum Gasteiger partial charge on any atom is 0.268 e. The van der Waals surface area contributed by atoms with Crippen LogP contribution >= 0.6 is 22.6 Å². The number of alkyl halides is 2. The van der Waals surface area contributed by atoms with E-state index in [-0.39, 0.29) is 0 Å². The second-order valence-electron chi connectivity index (χ2n) is 5.93. The van der Waals surface area contributed by atoms with E-state index < -0.39 is 43.3 Å². The third-order valence-electron chi connectivity index (χ3n) is 4.09. The number of halogens is 3. The summed E-state index contributed by atoms with van der Waals surface area (Å²) < 4.78 is 27.8. The van der Waals surface area contributed by atoms with Crippen molar-refractivity contribution < 1.29 is 18.4 Å². The summed E-state index contributed by atoms with van der Waals surface area (Å²) >= 11 is 2.11. The molecular formula is C17H13F2IN4O2. The molecule has 1 aliphatic rings. The van der Waals surface area contributed by atoms with Crippen molar-refractivity contribution in [3.8, 4) is 6.07 Å². The molecule has 1 aromatic heterocycles. The van der Waals surface area contributed by atoms with Gasteiger partial charge in [-0.3, -0.25) is 14.6 Å². The van der Waals surface area contributed by atoms with Gasteiger partial charge in [-0.25, -0.2) is 8.78 Å². The van der Waals surface area contributed by atoms with Crippen LogP contribution in [0.2, 0.25) is 0 Å². The van der Waals surface area contributed by atoms with Gasteiger partial charge in [0, 0.05) is 21.6 Å². The van der Waals surface area contributed by atoms with Gasteiger partial charge in [-0.05, 0) is 46.9 Å². The molecule has 1 atom stereocenters. The van der Waals surface area contributed by atoms with E-state index in [1.807, 2.05) is 6.07 Å². The first-order chi connectivity index (χ1) is 12.3. The molecule has 0 bridgehead atoms. The Morgan fingerprint density at radius 1 is 1.42 bits per heavy atom. The van der Waals surface area contributed by atoms with E-state index >= 15 is 0 Å². The zero-order valence-electron chi connectivity index (χ0n) is 13.4. The number of benzene rings is 1. The number of carbonyl (C=O) groups is 2. The van der Waals surface area contributed by atoms with Crippen molar-refractivity contribution in [2.45, 2.75) is 18.4 Å². The molecule has 2 amide bonds. The molecule has 0 aliphatic carbocycles. The number of pyridine rings is 1. The summed E-state index contributed by atoms with van der Waals surface area (Å²) in [5.74, 6) is -4.31.